The molecule has 0 aromatic carbocycles. The van der Waals surface area contributed by atoms with Crippen molar-refractivity contribution in [3.8, 4) is 0 Å². The van der Waals surface area contributed by atoms with Gasteiger partial charge in [0.2, 0.25) is 0 Å². The second-order valence-electron chi connectivity index (χ2n) is 11.1. The predicted octanol–water partition coefficient (Wildman–Crippen LogP) is 2.50. The first kappa shape index (κ1) is 20.4. The average molecular weight is 436 g/mol. The van der Waals surface area contributed by atoms with Crippen LogP contribution in [0.2, 0.25) is 0 Å². The number of Topliss-reactive ketones (excluding diaryl/α,β-unsaturated/α-hetero) is 1. The fraction of sp³-hybridized carbons (Fsp3) is 0.640. The van der Waals surface area contributed by atoms with Crippen molar-refractivity contribution < 1.29 is 9.59 Å². The molecule has 4 saturated carbocycles. The number of aromatic nitrogens is 2. The molecule has 32 heavy (non-hydrogen) atoms. The molecule has 7 rings (SSSR count). The van der Waals surface area contributed by atoms with E-state index >= 15 is 0 Å². The Morgan fingerprint density at radius 2 is 1.84 bits per heavy atom. The Hall–Kier alpha value is -2.25. The standard InChI is InChI=1S/C25H33N5O2/c26-19-4-5-29(12-19)14-22(31)20-13-30-21(2-1-3-23(30)28-20)24(32)27-15-25-9-16-6-17(10-25)8-18(7-16)11-25/h1-3,13,16-19H,4-12,14-15,26H2,(H,27,32). The van der Waals surface area contributed by atoms with Gasteiger partial charge < -0.3 is 11.1 Å². The Balaban J connectivity index is 1.17. The van der Waals surface area contributed by atoms with E-state index in [9.17, 15) is 9.59 Å². The van der Waals surface area contributed by atoms with Crippen molar-refractivity contribution in [2.75, 3.05) is 26.2 Å². The topological polar surface area (TPSA) is 92.7 Å². The summed E-state index contributed by atoms with van der Waals surface area (Å²) in [4.78, 5) is 32.5. The smallest absolute Gasteiger partial charge is 0.268 e. The van der Waals surface area contributed by atoms with E-state index in [1.165, 1.54) is 38.5 Å². The third kappa shape index (κ3) is 3.65. The fourth-order valence-corrected chi connectivity index (χ4v) is 7.49. The van der Waals surface area contributed by atoms with Gasteiger partial charge in [0.25, 0.3) is 5.91 Å². The Morgan fingerprint density at radius 1 is 1.12 bits per heavy atom. The van der Waals surface area contributed by atoms with Gasteiger partial charge in [0, 0.05) is 31.9 Å². The van der Waals surface area contributed by atoms with Crippen LogP contribution >= 0.6 is 0 Å². The van der Waals surface area contributed by atoms with Crippen LogP contribution in [0.25, 0.3) is 5.65 Å². The number of fused-ring (bicyclic) bond motifs is 1. The number of likely N-dealkylation sites (tertiary alicyclic amines) is 1. The lowest BCUT2D eigenvalue weighted by Gasteiger charge is -2.56. The number of carbonyl (C=O) groups is 2. The number of amides is 1. The lowest BCUT2D eigenvalue weighted by molar-refractivity contribution is -0.0503. The van der Waals surface area contributed by atoms with Crippen molar-refractivity contribution in [1.82, 2.24) is 19.6 Å². The molecule has 1 aliphatic heterocycles. The van der Waals surface area contributed by atoms with Gasteiger partial charge in [-0.05, 0) is 80.2 Å². The maximum Gasteiger partial charge on any atom is 0.268 e. The largest absolute Gasteiger partial charge is 0.350 e. The average Bonchev–Trinajstić information content (AvgIpc) is 3.37. The molecule has 170 valence electrons. The molecular formula is C25H33N5O2. The van der Waals surface area contributed by atoms with Gasteiger partial charge in [0.05, 0.1) is 6.54 Å². The van der Waals surface area contributed by atoms with Crippen LogP contribution in [0, 0.1) is 23.2 Å². The molecule has 7 heteroatoms. The molecule has 3 N–H and O–H groups in total. The quantitative estimate of drug-likeness (QED) is 0.680. The summed E-state index contributed by atoms with van der Waals surface area (Å²) < 4.78 is 1.76. The molecule has 1 atom stereocenters. The van der Waals surface area contributed by atoms with Gasteiger partial charge in [-0.2, -0.15) is 0 Å². The van der Waals surface area contributed by atoms with Gasteiger partial charge >= 0.3 is 0 Å². The molecule has 2 aromatic rings. The van der Waals surface area contributed by atoms with Crippen LogP contribution in [0.1, 0.15) is 65.9 Å². The van der Waals surface area contributed by atoms with Gasteiger partial charge in [0.15, 0.2) is 5.78 Å². The van der Waals surface area contributed by atoms with E-state index in [0.717, 1.165) is 43.8 Å². The molecule has 3 heterocycles. The minimum Gasteiger partial charge on any atom is -0.350 e. The zero-order valence-corrected chi connectivity index (χ0v) is 18.6. The van der Waals surface area contributed by atoms with Crippen LogP contribution in [0.4, 0.5) is 0 Å². The monoisotopic (exact) mass is 435 g/mol. The molecule has 1 unspecified atom stereocenters. The first-order chi connectivity index (χ1) is 15.5. The summed E-state index contributed by atoms with van der Waals surface area (Å²) in [6.45, 7) is 2.68. The SMILES string of the molecule is NC1CCN(CC(=O)c2cn3c(C(=O)NCC45CC6CC(CC(C6)C4)C5)cccc3n2)C1. The second-order valence-corrected chi connectivity index (χ2v) is 11.1. The maximum absolute atomic E-state index is 13.2. The van der Waals surface area contributed by atoms with Crippen LogP contribution in [0.5, 0.6) is 0 Å². The molecule has 5 fully saturated rings. The molecule has 1 amide bonds. The minimum atomic E-state index is -0.0757. The van der Waals surface area contributed by atoms with Crippen molar-refractivity contribution >= 4 is 17.3 Å². The van der Waals surface area contributed by atoms with E-state index < -0.39 is 0 Å². The number of ketones is 1. The lowest BCUT2D eigenvalue weighted by atomic mass is 9.49. The van der Waals surface area contributed by atoms with Crippen molar-refractivity contribution in [2.45, 2.75) is 51.0 Å². The second kappa shape index (κ2) is 7.66. The van der Waals surface area contributed by atoms with Crippen LogP contribution in [0.3, 0.4) is 0 Å². The number of nitrogens with one attached hydrogen (secondary N) is 1. The Kier molecular flexibility index (Phi) is 4.88. The molecule has 5 aliphatic rings. The Bertz CT molecular complexity index is 1020. The van der Waals surface area contributed by atoms with Gasteiger partial charge in [-0.1, -0.05) is 6.07 Å². The zero-order valence-electron chi connectivity index (χ0n) is 18.6. The summed E-state index contributed by atoms with van der Waals surface area (Å²) in [6, 6.07) is 5.65. The van der Waals surface area contributed by atoms with E-state index in [1.807, 2.05) is 18.2 Å². The number of nitrogens with zero attached hydrogens (tertiary/aromatic N) is 3. The van der Waals surface area contributed by atoms with Crippen molar-refractivity contribution in [1.29, 1.82) is 0 Å². The highest BCUT2D eigenvalue weighted by Crippen LogP contribution is 2.59. The number of hydrogen-bond donors (Lipinski definition) is 2. The number of hydrogen-bond acceptors (Lipinski definition) is 5. The molecule has 4 aliphatic carbocycles. The van der Waals surface area contributed by atoms with Crippen LogP contribution in [-0.4, -0.2) is 58.2 Å². The minimum absolute atomic E-state index is 0.0253. The van der Waals surface area contributed by atoms with E-state index in [0.29, 0.717) is 29.0 Å². The Labute approximate surface area is 188 Å². The summed E-state index contributed by atoms with van der Waals surface area (Å²) >= 11 is 0. The van der Waals surface area contributed by atoms with Crippen LogP contribution in [-0.2, 0) is 0 Å². The van der Waals surface area contributed by atoms with E-state index in [2.05, 4.69) is 15.2 Å². The summed E-state index contributed by atoms with van der Waals surface area (Å²) in [6.07, 6.45) is 10.7. The number of nitrogens with two attached hydrogens (primary N) is 1. The molecule has 2 aromatic heterocycles. The highest BCUT2D eigenvalue weighted by Gasteiger charge is 2.50. The number of rotatable bonds is 6. The third-order valence-electron chi connectivity index (χ3n) is 8.48. The van der Waals surface area contributed by atoms with Crippen LogP contribution in [0.15, 0.2) is 24.4 Å². The molecule has 0 radical (unpaired) electrons. The van der Waals surface area contributed by atoms with Crippen LogP contribution < -0.4 is 11.1 Å². The molecular weight excluding hydrogens is 402 g/mol. The van der Waals surface area contributed by atoms with Crippen molar-refractivity contribution in [3.05, 3.63) is 35.8 Å². The number of imidazole rings is 1. The molecule has 0 spiro atoms. The van der Waals surface area contributed by atoms with Gasteiger partial charge in [-0.3, -0.25) is 18.9 Å². The lowest BCUT2D eigenvalue weighted by Crippen LogP contribution is -2.51. The van der Waals surface area contributed by atoms with E-state index in [-0.39, 0.29) is 17.7 Å². The maximum atomic E-state index is 13.2. The fourth-order valence-electron chi connectivity index (χ4n) is 7.49. The summed E-state index contributed by atoms with van der Waals surface area (Å²) in [5.41, 5.74) is 7.84. The van der Waals surface area contributed by atoms with E-state index in [1.54, 1.807) is 10.6 Å². The number of carbonyl (C=O) groups excluding carboxylic acids is 2. The van der Waals surface area contributed by atoms with Crippen molar-refractivity contribution in [3.63, 3.8) is 0 Å². The zero-order chi connectivity index (χ0) is 21.9. The first-order valence-electron chi connectivity index (χ1n) is 12.2. The first-order valence-corrected chi connectivity index (χ1v) is 12.2. The highest BCUT2D eigenvalue weighted by atomic mass is 16.2. The Morgan fingerprint density at radius 3 is 2.50 bits per heavy atom. The summed E-state index contributed by atoms with van der Waals surface area (Å²) in [5, 5.41) is 3.26. The highest BCUT2D eigenvalue weighted by molar-refractivity contribution is 5.97. The molecule has 1 saturated heterocycles. The van der Waals surface area contributed by atoms with E-state index in [4.69, 9.17) is 5.73 Å². The third-order valence-corrected chi connectivity index (χ3v) is 8.48. The predicted molar refractivity (Wildman–Crippen MR) is 121 cm³/mol. The van der Waals surface area contributed by atoms with Gasteiger partial charge in [-0.15, -0.1) is 0 Å². The molecule has 4 bridgehead atoms. The molecule has 7 nitrogen and oxygen atoms in total. The van der Waals surface area contributed by atoms with Gasteiger partial charge in [-0.25, -0.2) is 4.98 Å². The normalized spacial score (nSPS) is 33.8. The summed E-state index contributed by atoms with van der Waals surface area (Å²) in [5.74, 6) is 2.51. The van der Waals surface area contributed by atoms with Crippen molar-refractivity contribution in [2.24, 2.45) is 28.9 Å². The van der Waals surface area contributed by atoms with Gasteiger partial charge in [0.1, 0.15) is 17.0 Å². The summed E-state index contributed by atoms with van der Waals surface area (Å²) in [7, 11) is 0. The number of pyridine rings is 1.